The Morgan fingerprint density at radius 2 is 2.00 bits per heavy atom. The Morgan fingerprint density at radius 3 is 2.62 bits per heavy atom. The number of halogens is 1. The van der Waals surface area contributed by atoms with Crippen LogP contribution in [0.25, 0.3) is 0 Å². The number of aryl methyl sites for hydroxylation is 1. The number of aromatic nitrogens is 1. The van der Waals surface area contributed by atoms with Gasteiger partial charge in [-0.3, -0.25) is 0 Å². The molecule has 21 heavy (non-hydrogen) atoms. The Hall–Kier alpha value is -1.65. The van der Waals surface area contributed by atoms with Crippen LogP contribution in [0.2, 0.25) is 5.02 Å². The van der Waals surface area contributed by atoms with Gasteiger partial charge in [0.25, 0.3) is 0 Å². The molecule has 3 nitrogen and oxygen atoms in total. The summed E-state index contributed by atoms with van der Waals surface area (Å²) in [7, 11) is 1.97. The van der Waals surface area contributed by atoms with Crippen LogP contribution in [0.3, 0.4) is 0 Å². The summed E-state index contributed by atoms with van der Waals surface area (Å²) >= 11 is 11.5. The fourth-order valence-electron chi connectivity index (χ4n) is 2.32. The molecule has 0 bridgehead atoms. The van der Waals surface area contributed by atoms with E-state index in [0.29, 0.717) is 4.99 Å². The number of benzene rings is 1. The average molecular weight is 320 g/mol. The van der Waals surface area contributed by atoms with E-state index in [0.717, 1.165) is 27.5 Å². The molecule has 0 aliphatic carbocycles. The van der Waals surface area contributed by atoms with E-state index in [1.807, 2.05) is 49.2 Å². The lowest BCUT2D eigenvalue weighted by Crippen LogP contribution is -2.27. The minimum absolute atomic E-state index is 0.0566. The molecule has 2 rings (SSSR count). The molecule has 5 heteroatoms. The van der Waals surface area contributed by atoms with Gasteiger partial charge >= 0.3 is 0 Å². The third kappa shape index (κ3) is 3.17. The van der Waals surface area contributed by atoms with Gasteiger partial charge in [0.15, 0.2) is 0 Å². The second-order valence-electron chi connectivity index (χ2n) is 5.00. The summed E-state index contributed by atoms with van der Waals surface area (Å²) in [6.45, 7) is 4.06. The molecule has 0 aliphatic heterocycles. The number of nitrogens with two attached hydrogens (primary N) is 1. The largest absolute Gasteiger partial charge is 0.389 e. The van der Waals surface area contributed by atoms with Crippen molar-refractivity contribution in [2.45, 2.75) is 19.9 Å². The third-order valence-electron chi connectivity index (χ3n) is 3.66. The average Bonchev–Trinajstić information content (AvgIpc) is 2.45. The first-order chi connectivity index (χ1) is 9.93. The maximum absolute atomic E-state index is 6.29. The van der Waals surface area contributed by atoms with Gasteiger partial charge in [0.05, 0.1) is 11.6 Å². The number of rotatable bonds is 4. The molecular formula is C16H18ClN3S. The van der Waals surface area contributed by atoms with Gasteiger partial charge in [-0.2, -0.15) is 0 Å². The molecule has 0 saturated carbocycles. The molecular weight excluding hydrogens is 302 g/mol. The second-order valence-corrected chi connectivity index (χ2v) is 5.85. The highest BCUT2D eigenvalue weighted by Gasteiger charge is 2.20. The molecule has 2 N–H and O–H groups in total. The Kier molecular flexibility index (Phi) is 4.80. The van der Waals surface area contributed by atoms with E-state index in [-0.39, 0.29) is 6.04 Å². The summed E-state index contributed by atoms with van der Waals surface area (Å²) < 4.78 is 0. The van der Waals surface area contributed by atoms with E-state index in [1.165, 1.54) is 0 Å². The number of pyridine rings is 1. The number of hydrogen-bond donors (Lipinski definition) is 1. The van der Waals surface area contributed by atoms with Crippen molar-refractivity contribution in [2.75, 3.05) is 11.9 Å². The first-order valence-corrected chi connectivity index (χ1v) is 7.44. The van der Waals surface area contributed by atoms with E-state index in [4.69, 9.17) is 29.6 Å². The Bertz CT molecular complexity index is 672. The monoisotopic (exact) mass is 319 g/mol. The van der Waals surface area contributed by atoms with E-state index in [2.05, 4.69) is 11.9 Å². The third-order valence-corrected chi connectivity index (χ3v) is 4.20. The van der Waals surface area contributed by atoms with Crippen LogP contribution in [0.1, 0.15) is 29.7 Å². The molecule has 1 unspecified atom stereocenters. The van der Waals surface area contributed by atoms with Gasteiger partial charge in [-0.05, 0) is 37.1 Å². The SMILES string of the molecule is Cc1ccnc(N(C)C(C)c2ccccc2Cl)c1C(N)=S. The van der Waals surface area contributed by atoms with Crippen LogP contribution in [-0.2, 0) is 0 Å². The number of anilines is 1. The van der Waals surface area contributed by atoms with Crippen molar-refractivity contribution in [1.29, 1.82) is 0 Å². The first-order valence-electron chi connectivity index (χ1n) is 6.66. The van der Waals surface area contributed by atoms with Crippen LogP contribution in [0.15, 0.2) is 36.5 Å². The molecule has 1 aromatic heterocycles. The van der Waals surface area contributed by atoms with Crippen molar-refractivity contribution < 1.29 is 0 Å². The first kappa shape index (κ1) is 15.7. The lowest BCUT2D eigenvalue weighted by Gasteiger charge is -2.29. The summed E-state index contributed by atoms with van der Waals surface area (Å²) in [6, 6.07) is 9.76. The van der Waals surface area contributed by atoms with Gasteiger partial charge in [0.2, 0.25) is 0 Å². The van der Waals surface area contributed by atoms with Crippen molar-refractivity contribution >= 4 is 34.6 Å². The van der Waals surface area contributed by atoms with E-state index < -0.39 is 0 Å². The quantitative estimate of drug-likeness (QED) is 0.869. The van der Waals surface area contributed by atoms with Crippen LogP contribution in [-0.4, -0.2) is 17.0 Å². The molecule has 0 amide bonds. The lowest BCUT2D eigenvalue weighted by molar-refractivity contribution is 0.728. The molecule has 0 radical (unpaired) electrons. The van der Waals surface area contributed by atoms with Crippen LogP contribution in [0.5, 0.6) is 0 Å². The topological polar surface area (TPSA) is 42.2 Å². The standard InChI is InChI=1S/C16H18ClN3S/c1-10-8-9-19-16(14(10)15(18)21)20(3)11(2)12-6-4-5-7-13(12)17/h4-9,11H,1-3H3,(H2,18,21). The second kappa shape index (κ2) is 6.41. The minimum Gasteiger partial charge on any atom is -0.389 e. The molecule has 110 valence electrons. The molecule has 1 heterocycles. The maximum atomic E-state index is 6.29. The van der Waals surface area contributed by atoms with E-state index in [9.17, 15) is 0 Å². The molecule has 0 fully saturated rings. The summed E-state index contributed by atoms with van der Waals surface area (Å²) in [6.07, 6.45) is 1.77. The Morgan fingerprint density at radius 1 is 1.33 bits per heavy atom. The highest BCUT2D eigenvalue weighted by Crippen LogP contribution is 2.31. The van der Waals surface area contributed by atoms with Crippen LogP contribution < -0.4 is 10.6 Å². The zero-order valence-corrected chi connectivity index (χ0v) is 13.9. The van der Waals surface area contributed by atoms with Gasteiger partial charge in [-0.15, -0.1) is 0 Å². The highest BCUT2D eigenvalue weighted by molar-refractivity contribution is 7.80. The van der Waals surface area contributed by atoms with Gasteiger partial charge < -0.3 is 10.6 Å². The zero-order valence-electron chi connectivity index (χ0n) is 12.3. The predicted molar refractivity (Wildman–Crippen MR) is 93.1 cm³/mol. The van der Waals surface area contributed by atoms with Gasteiger partial charge in [-0.25, -0.2) is 4.98 Å². The Labute approximate surface area is 135 Å². The molecule has 0 spiro atoms. The van der Waals surface area contributed by atoms with E-state index in [1.54, 1.807) is 6.20 Å². The van der Waals surface area contributed by atoms with Crippen LogP contribution >= 0.6 is 23.8 Å². The predicted octanol–water partition coefficient (Wildman–Crippen LogP) is 3.88. The van der Waals surface area contributed by atoms with Crippen molar-refractivity contribution in [2.24, 2.45) is 5.73 Å². The summed E-state index contributed by atoms with van der Waals surface area (Å²) in [5.41, 5.74) is 8.73. The van der Waals surface area contributed by atoms with Crippen molar-refractivity contribution in [3.63, 3.8) is 0 Å². The molecule has 0 aliphatic rings. The number of thiocarbonyl (C=S) groups is 1. The van der Waals surface area contributed by atoms with Crippen LogP contribution in [0, 0.1) is 6.92 Å². The zero-order chi connectivity index (χ0) is 15.6. The van der Waals surface area contributed by atoms with Crippen molar-refractivity contribution in [3.05, 3.63) is 58.2 Å². The van der Waals surface area contributed by atoms with Crippen molar-refractivity contribution in [1.82, 2.24) is 4.98 Å². The van der Waals surface area contributed by atoms with E-state index >= 15 is 0 Å². The number of hydrogen-bond acceptors (Lipinski definition) is 3. The van der Waals surface area contributed by atoms with Gasteiger partial charge in [0.1, 0.15) is 10.8 Å². The fourth-order valence-corrected chi connectivity index (χ4v) is 2.87. The van der Waals surface area contributed by atoms with Crippen LogP contribution in [0.4, 0.5) is 5.82 Å². The summed E-state index contributed by atoms with van der Waals surface area (Å²) in [5, 5.41) is 0.737. The fraction of sp³-hybridized carbons (Fsp3) is 0.250. The van der Waals surface area contributed by atoms with Gasteiger partial charge in [0, 0.05) is 18.3 Å². The molecule has 1 aromatic carbocycles. The van der Waals surface area contributed by atoms with Gasteiger partial charge in [-0.1, -0.05) is 42.0 Å². The Balaban J connectivity index is 2.46. The van der Waals surface area contributed by atoms with Crippen molar-refractivity contribution in [3.8, 4) is 0 Å². The lowest BCUT2D eigenvalue weighted by atomic mass is 10.1. The highest BCUT2D eigenvalue weighted by atomic mass is 35.5. The smallest absolute Gasteiger partial charge is 0.139 e. The maximum Gasteiger partial charge on any atom is 0.139 e. The molecule has 2 aromatic rings. The molecule has 1 atom stereocenters. The number of nitrogens with zero attached hydrogens (tertiary/aromatic N) is 2. The normalized spacial score (nSPS) is 12.0. The molecule has 0 saturated heterocycles. The summed E-state index contributed by atoms with van der Waals surface area (Å²) in [4.78, 5) is 6.85. The summed E-state index contributed by atoms with van der Waals surface area (Å²) in [5.74, 6) is 0.773. The minimum atomic E-state index is 0.0566.